The van der Waals surface area contributed by atoms with Crippen LogP contribution in [0.4, 0.5) is 5.13 Å². The van der Waals surface area contributed by atoms with Gasteiger partial charge in [0.1, 0.15) is 0 Å². The molecule has 1 amide bonds. The maximum atomic E-state index is 13.5. The lowest BCUT2D eigenvalue weighted by atomic mass is 9.85. The Bertz CT molecular complexity index is 1560. The molecule has 1 N–H and O–H groups in total. The van der Waals surface area contributed by atoms with Crippen LogP contribution in [0.15, 0.2) is 90.2 Å². The summed E-state index contributed by atoms with van der Waals surface area (Å²) in [7, 11) is 0. The summed E-state index contributed by atoms with van der Waals surface area (Å²) in [6.07, 6.45) is 3.07. The van der Waals surface area contributed by atoms with Crippen molar-refractivity contribution in [2.75, 3.05) is 4.90 Å². The number of hydrogen-bond donors (Lipinski definition) is 1. The molecule has 0 saturated heterocycles. The van der Waals surface area contributed by atoms with Crippen LogP contribution in [0, 0.1) is 0 Å². The van der Waals surface area contributed by atoms with Gasteiger partial charge in [-0.2, -0.15) is 0 Å². The predicted molar refractivity (Wildman–Crippen MR) is 150 cm³/mol. The first-order valence-corrected chi connectivity index (χ1v) is 13.0. The van der Waals surface area contributed by atoms with Gasteiger partial charge in [0.2, 0.25) is 0 Å². The number of ketones is 1. The molecule has 0 aliphatic carbocycles. The summed E-state index contributed by atoms with van der Waals surface area (Å²) in [4.78, 5) is 32.9. The Hall–Kier alpha value is -3.74. The highest BCUT2D eigenvalue weighted by atomic mass is 35.5. The first-order valence-electron chi connectivity index (χ1n) is 11.8. The monoisotopic (exact) mass is 528 g/mol. The second-order valence-electron chi connectivity index (χ2n) is 9.93. The average Bonchev–Trinajstić information content (AvgIpc) is 3.40. The van der Waals surface area contributed by atoms with E-state index in [0.717, 1.165) is 15.8 Å². The fourth-order valence-corrected chi connectivity index (χ4v) is 5.62. The van der Waals surface area contributed by atoms with Crippen LogP contribution < -0.4 is 4.90 Å². The third-order valence-corrected chi connectivity index (χ3v) is 7.59. The summed E-state index contributed by atoms with van der Waals surface area (Å²) < 4.78 is 0.806. The summed E-state index contributed by atoms with van der Waals surface area (Å²) in [6, 6.07) is 21.7. The van der Waals surface area contributed by atoms with Gasteiger partial charge in [0.25, 0.3) is 5.91 Å². The van der Waals surface area contributed by atoms with Gasteiger partial charge < -0.3 is 5.11 Å². The number of halogens is 1. The number of rotatable bonds is 5. The maximum absolute atomic E-state index is 13.5. The summed E-state index contributed by atoms with van der Waals surface area (Å²) in [5.74, 6) is -1.66. The highest BCUT2D eigenvalue weighted by molar-refractivity contribution is 7.22. The van der Waals surface area contributed by atoms with E-state index < -0.39 is 23.5 Å². The minimum Gasteiger partial charge on any atom is -0.503 e. The highest BCUT2D eigenvalue weighted by Gasteiger charge is 2.45. The molecule has 37 heavy (non-hydrogen) atoms. The van der Waals surface area contributed by atoms with Gasteiger partial charge in [-0.1, -0.05) is 104 Å². The molecule has 1 atom stereocenters. The minimum atomic E-state index is -0.828. The lowest BCUT2D eigenvalue weighted by Crippen LogP contribution is -2.30. The highest BCUT2D eigenvalue weighted by Crippen LogP contribution is 2.44. The number of aliphatic hydroxyl groups is 1. The molecule has 0 spiro atoms. The van der Waals surface area contributed by atoms with Gasteiger partial charge >= 0.3 is 0 Å². The second-order valence-corrected chi connectivity index (χ2v) is 11.4. The fourth-order valence-electron chi connectivity index (χ4n) is 4.35. The van der Waals surface area contributed by atoms with Gasteiger partial charge in [0, 0.05) is 5.02 Å². The molecule has 1 unspecified atom stereocenters. The number of thiazole rings is 1. The Morgan fingerprint density at radius 1 is 1.05 bits per heavy atom. The Morgan fingerprint density at radius 2 is 1.76 bits per heavy atom. The number of anilines is 1. The van der Waals surface area contributed by atoms with Crippen LogP contribution in [0.5, 0.6) is 0 Å². The lowest BCUT2D eigenvalue weighted by Gasteiger charge is -2.25. The molecular weight excluding hydrogens is 504 g/mol. The van der Waals surface area contributed by atoms with E-state index in [-0.39, 0.29) is 11.0 Å². The molecule has 4 aromatic rings. The van der Waals surface area contributed by atoms with Crippen molar-refractivity contribution >= 4 is 56.1 Å². The van der Waals surface area contributed by atoms with E-state index >= 15 is 0 Å². The van der Waals surface area contributed by atoms with Crippen molar-refractivity contribution in [2.24, 2.45) is 0 Å². The van der Waals surface area contributed by atoms with Crippen LogP contribution in [0.2, 0.25) is 5.02 Å². The Morgan fingerprint density at radius 3 is 2.43 bits per heavy atom. The summed E-state index contributed by atoms with van der Waals surface area (Å²) in [5, 5.41) is 11.9. The minimum absolute atomic E-state index is 0.0259. The van der Waals surface area contributed by atoms with Crippen LogP contribution in [-0.4, -0.2) is 21.8 Å². The third kappa shape index (κ3) is 4.82. The number of amides is 1. The molecule has 186 valence electrons. The van der Waals surface area contributed by atoms with Crippen molar-refractivity contribution in [1.29, 1.82) is 0 Å². The van der Waals surface area contributed by atoms with E-state index in [0.29, 0.717) is 21.2 Å². The van der Waals surface area contributed by atoms with Crippen molar-refractivity contribution in [3.8, 4) is 0 Å². The summed E-state index contributed by atoms with van der Waals surface area (Å²) in [6.45, 7) is 6.36. The Balaban J connectivity index is 1.61. The maximum Gasteiger partial charge on any atom is 0.296 e. The molecule has 1 aromatic heterocycles. The number of allylic oxidation sites excluding steroid dienone is 1. The number of carbonyl (C=O) groups is 2. The quantitative estimate of drug-likeness (QED) is 0.273. The van der Waals surface area contributed by atoms with Crippen molar-refractivity contribution in [1.82, 2.24) is 4.98 Å². The summed E-state index contributed by atoms with van der Waals surface area (Å²) in [5.41, 5.74) is 3.31. The van der Waals surface area contributed by atoms with Gasteiger partial charge in [-0.15, -0.1) is 0 Å². The molecule has 1 aliphatic rings. The number of carbonyl (C=O) groups excluding carboxylic acids is 2. The molecule has 7 heteroatoms. The zero-order valence-corrected chi connectivity index (χ0v) is 22.2. The van der Waals surface area contributed by atoms with Crippen LogP contribution in [-0.2, 0) is 15.0 Å². The SMILES string of the molecule is CC(C)(C)c1ccc(C2C(C(=O)/C=C/c3ccccc3)=C(O)C(=O)N2c2nc3ccc(Cl)cc3s2)cc1. The summed E-state index contributed by atoms with van der Waals surface area (Å²) >= 11 is 7.45. The van der Waals surface area contributed by atoms with Crippen LogP contribution in [0.25, 0.3) is 16.3 Å². The molecule has 5 nitrogen and oxygen atoms in total. The predicted octanol–water partition coefficient (Wildman–Crippen LogP) is 7.43. The standard InChI is InChI=1S/C30H25ClN2O3S/c1-30(2,3)20-12-10-19(11-13-20)26-25(23(34)16-9-18-7-5-4-6-8-18)27(35)28(36)33(26)29-32-22-15-14-21(31)17-24(22)37-29/h4-17,26,35H,1-3H3/b16-9+. The average molecular weight is 529 g/mol. The molecule has 0 bridgehead atoms. The first-order chi connectivity index (χ1) is 17.6. The molecule has 2 heterocycles. The van der Waals surface area contributed by atoms with Gasteiger partial charge in [-0.3, -0.25) is 14.5 Å². The molecule has 1 aliphatic heterocycles. The van der Waals surface area contributed by atoms with Crippen LogP contribution in [0.1, 0.15) is 43.5 Å². The van der Waals surface area contributed by atoms with Crippen molar-refractivity contribution in [2.45, 2.75) is 32.2 Å². The topological polar surface area (TPSA) is 70.5 Å². The van der Waals surface area contributed by atoms with Gasteiger partial charge in [0.05, 0.1) is 21.8 Å². The molecular formula is C30H25ClN2O3S. The van der Waals surface area contributed by atoms with E-state index in [4.69, 9.17) is 11.6 Å². The van der Waals surface area contributed by atoms with E-state index in [2.05, 4.69) is 25.8 Å². The molecule has 0 saturated carbocycles. The van der Waals surface area contributed by atoms with E-state index in [9.17, 15) is 14.7 Å². The van der Waals surface area contributed by atoms with Crippen LogP contribution >= 0.6 is 22.9 Å². The molecule has 3 aromatic carbocycles. The number of fused-ring (bicyclic) bond motifs is 1. The Kier molecular flexibility index (Phi) is 6.48. The normalized spacial score (nSPS) is 16.4. The largest absolute Gasteiger partial charge is 0.503 e. The molecule has 5 rings (SSSR count). The Labute approximate surface area is 224 Å². The fraction of sp³-hybridized carbons (Fsp3) is 0.167. The zero-order valence-electron chi connectivity index (χ0n) is 20.6. The first kappa shape index (κ1) is 24.9. The number of aromatic nitrogens is 1. The molecule has 0 radical (unpaired) electrons. The number of benzene rings is 3. The van der Waals surface area contributed by atoms with Crippen LogP contribution in [0.3, 0.4) is 0 Å². The third-order valence-electron chi connectivity index (χ3n) is 6.34. The van der Waals surface area contributed by atoms with Gasteiger partial charge in [0.15, 0.2) is 16.7 Å². The van der Waals surface area contributed by atoms with E-state index in [1.165, 1.54) is 22.3 Å². The van der Waals surface area contributed by atoms with E-state index in [1.807, 2.05) is 54.6 Å². The van der Waals surface area contributed by atoms with Crippen molar-refractivity contribution in [3.05, 3.63) is 112 Å². The molecule has 0 fully saturated rings. The van der Waals surface area contributed by atoms with Gasteiger partial charge in [-0.25, -0.2) is 4.98 Å². The number of aliphatic hydroxyl groups excluding tert-OH is 1. The number of hydrogen-bond acceptors (Lipinski definition) is 5. The number of nitrogens with zero attached hydrogens (tertiary/aromatic N) is 2. The second kappa shape index (κ2) is 9.61. The lowest BCUT2D eigenvalue weighted by molar-refractivity contribution is -0.117. The van der Waals surface area contributed by atoms with E-state index in [1.54, 1.807) is 24.3 Å². The smallest absolute Gasteiger partial charge is 0.296 e. The zero-order chi connectivity index (χ0) is 26.3. The van der Waals surface area contributed by atoms with Gasteiger partial charge in [-0.05, 0) is 46.4 Å². The van der Waals surface area contributed by atoms with Crippen molar-refractivity contribution < 1.29 is 14.7 Å². The van der Waals surface area contributed by atoms with Crippen molar-refractivity contribution in [3.63, 3.8) is 0 Å².